The minimum Gasteiger partial charge on any atom is -0.385 e. The number of aromatic nitrogens is 4. The van der Waals surface area contributed by atoms with Crippen LogP contribution in [0.15, 0.2) is 113 Å². The largest absolute Gasteiger partial charge is 0.385 e. The van der Waals surface area contributed by atoms with Crippen molar-refractivity contribution < 1.29 is 31.2 Å². The first kappa shape index (κ1) is 44.6. The molecule has 0 atom stereocenters. The predicted molar refractivity (Wildman–Crippen MR) is 242 cm³/mol. The van der Waals surface area contributed by atoms with E-state index in [0.29, 0.717) is 42.0 Å². The smallest absolute Gasteiger partial charge is 0.251 e. The molecule has 0 bridgehead atoms. The maximum absolute atomic E-state index is 13.1. The third-order valence-corrected chi connectivity index (χ3v) is 13.2. The van der Waals surface area contributed by atoms with Gasteiger partial charge in [-0.05, 0) is 116 Å². The molecule has 3 aromatic carbocycles. The summed E-state index contributed by atoms with van der Waals surface area (Å²) in [4.78, 5) is 45.4. The van der Waals surface area contributed by atoms with Gasteiger partial charge in [-0.25, -0.2) is 16.8 Å². The second-order valence-electron chi connectivity index (χ2n) is 15.8. The number of nitrogens with zero attached hydrogens (tertiary/aromatic N) is 4. The number of aryl methyl sites for hydroxylation is 3. The van der Waals surface area contributed by atoms with Crippen molar-refractivity contribution >= 4 is 53.3 Å². The van der Waals surface area contributed by atoms with Gasteiger partial charge in [0.05, 0.1) is 45.3 Å². The number of pyridine rings is 4. The van der Waals surface area contributed by atoms with Crippen LogP contribution in [0.25, 0.3) is 21.8 Å². The van der Waals surface area contributed by atoms with Gasteiger partial charge in [-0.1, -0.05) is 36.4 Å². The van der Waals surface area contributed by atoms with Crippen molar-refractivity contribution in [1.82, 2.24) is 30.6 Å². The molecule has 7 aromatic rings. The summed E-state index contributed by atoms with van der Waals surface area (Å²) in [5, 5.41) is 7.47. The number of hydrogen-bond donors (Lipinski definition) is 2. The zero-order chi connectivity index (χ0) is 44.9. The van der Waals surface area contributed by atoms with Gasteiger partial charge in [0.1, 0.15) is 0 Å². The van der Waals surface area contributed by atoms with E-state index in [4.69, 9.17) is 14.7 Å². The molecule has 0 saturated heterocycles. The van der Waals surface area contributed by atoms with Crippen LogP contribution in [0.3, 0.4) is 0 Å². The van der Waals surface area contributed by atoms with E-state index in [9.17, 15) is 26.4 Å². The Morgan fingerprint density at radius 2 is 1.19 bits per heavy atom. The van der Waals surface area contributed by atoms with Crippen LogP contribution in [0, 0.1) is 13.8 Å². The minimum absolute atomic E-state index is 0.121. The van der Waals surface area contributed by atoms with E-state index in [1.54, 1.807) is 57.6 Å². The Morgan fingerprint density at radius 3 is 1.79 bits per heavy atom. The molecule has 0 aliphatic rings. The molecule has 7 rings (SSSR count). The molecule has 15 heteroatoms. The Kier molecular flexibility index (Phi) is 13.4. The molecule has 4 aromatic heterocycles. The van der Waals surface area contributed by atoms with Gasteiger partial charge < -0.3 is 15.4 Å². The lowest BCUT2D eigenvalue weighted by atomic mass is 9.97. The maximum atomic E-state index is 13.1. The number of fused-ring (bicyclic) bond motifs is 2. The molecule has 0 fully saturated rings. The lowest BCUT2D eigenvalue weighted by Gasteiger charge is -2.13. The van der Waals surface area contributed by atoms with Gasteiger partial charge in [0, 0.05) is 78.3 Å². The summed E-state index contributed by atoms with van der Waals surface area (Å²) in [7, 11) is -5.30. The van der Waals surface area contributed by atoms with Gasteiger partial charge in [-0.3, -0.25) is 29.5 Å². The molecule has 0 radical (unpaired) electrons. The summed E-state index contributed by atoms with van der Waals surface area (Å²) in [5.74, 6) is -0.807. The van der Waals surface area contributed by atoms with E-state index >= 15 is 0 Å². The number of rotatable bonds is 16. The van der Waals surface area contributed by atoms with Gasteiger partial charge in [-0.15, -0.1) is 0 Å². The molecule has 0 spiro atoms. The minimum atomic E-state index is -3.49. The van der Waals surface area contributed by atoms with Gasteiger partial charge in [0.25, 0.3) is 11.8 Å². The van der Waals surface area contributed by atoms with Gasteiger partial charge in [-0.2, -0.15) is 0 Å². The van der Waals surface area contributed by atoms with Gasteiger partial charge in [0.2, 0.25) is 0 Å². The number of amides is 2. The fourth-order valence-electron chi connectivity index (χ4n) is 7.46. The lowest BCUT2D eigenvalue weighted by Crippen LogP contribution is -2.23. The first-order valence-corrected chi connectivity index (χ1v) is 24.1. The topological polar surface area (TPSA) is 187 Å². The van der Waals surface area contributed by atoms with E-state index in [-0.39, 0.29) is 34.0 Å². The van der Waals surface area contributed by atoms with Crippen LogP contribution < -0.4 is 10.6 Å². The Morgan fingerprint density at radius 1 is 0.619 bits per heavy atom. The first-order chi connectivity index (χ1) is 30.0. The molecule has 324 valence electrons. The van der Waals surface area contributed by atoms with E-state index in [2.05, 4.69) is 44.9 Å². The fraction of sp³-hybridized carbons (Fsp3) is 0.250. The van der Waals surface area contributed by atoms with Gasteiger partial charge in [0.15, 0.2) is 19.7 Å². The maximum Gasteiger partial charge on any atom is 0.251 e. The molecule has 0 aliphatic carbocycles. The average molecular weight is 885 g/mol. The van der Waals surface area contributed by atoms with E-state index in [0.717, 1.165) is 75.2 Å². The number of carbonyl (C=O) groups is 2. The van der Waals surface area contributed by atoms with Crippen LogP contribution in [0.4, 0.5) is 0 Å². The van der Waals surface area contributed by atoms with Crippen LogP contribution >= 0.6 is 0 Å². The lowest BCUT2D eigenvalue weighted by molar-refractivity contribution is 0.0942. The van der Waals surface area contributed by atoms with Crippen molar-refractivity contribution in [1.29, 1.82) is 0 Å². The molecule has 0 unspecified atom stereocenters. The highest BCUT2D eigenvalue weighted by Crippen LogP contribution is 2.25. The summed E-state index contributed by atoms with van der Waals surface area (Å²) in [6.45, 7) is 4.26. The van der Waals surface area contributed by atoms with Crippen molar-refractivity contribution in [3.05, 3.63) is 165 Å². The molecule has 2 N–H and O–H groups in total. The molecule has 0 aliphatic heterocycles. The number of sulfone groups is 2. The Labute approximate surface area is 367 Å². The standard InChI is InChI=1S/C48H48N6O7S2/c1-30-11-13-34(22-45(30)62(4,57)58)47(55)51-27-40-24-43-36(26-49-40)15-16-39(53-43)20-33-9-6-8-32(18-33)19-37-21-38(10-7-17-61-3)54-44-25-41(50-29-42(37)44)28-52-48(56)35-14-12-31(2)46(23-35)63(5,59)60/h6,8-9,11-16,18,21-26,29H,7,10,17,19-20,27-28H2,1-5H3,(H,51,55)(H,52,56). The average Bonchev–Trinajstić information content (AvgIpc) is 3.24. The van der Waals surface area contributed by atoms with Crippen molar-refractivity contribution in [2.75, 3.05) is 26.2 Å². The fourth-order valence-corrected chi connectivity index (χ4v) is 9.45. The molecule has 2 amide bonds. The quantitative estimate of drug-likeness (QED) is 0.0994. The summed E-state index contributed by atoms with van der Waals surface area (Å²) in [5.41, 5.74) is 9.42. The van der Waals surface area contributed by atoms with E-state index < -0.39 is 31.5 Å². The van der Waals surface area contributed by atoms with Crippen LogP contribution in [-0.4, -0.2) is 74.8 Å². The van der Waals surface area contributed by atoms with Crippen LogP contribution in [0.1, 0.15) is 77.7 Å². The molecule has 63 heavy (non-hydrogen) atoms. The third kappa shape index (κ3) is 11.2. The van der Waals surface area contributed by atoms with E-state index in [1.807, 2.05) is 30.3 Å². The molecular formula is C48H48N6O7S2. The number of nitrogens with one attached hydrogen (secondary N) is 2. The zero-order valence-electron chi connectivity index (χ0n) is 35.7. The number of benzene rings is 3. The molecule has 0 saturated carbocycles. The normalized spacial score (nSPS) is 11.8. The second-order valence-corrected chi connectivity index (χ2v) is 19.7. The SMILES string of the molecule is COCCCc1cc(Cc2cccc(Cc3ccc4cnc(CNC(=O)c5ccc(C)c(S(C)(=O)=O)c5)cc4n3)c2)c2cnc(CNC(=O)c3ccc(C)c(S(C)(=O)=O)c3)cc2n1. The number of hydrogen-bond acceptors (Lipinski definition) is 11. The van der Waals surface area contributed by atoms with Crippen LogP contribution in [0.5, 0.6) is 0 Å². The Balaban J connectivity index is 1.06. The van der Waals surface area contributed by atoms with Crippen molar-refractivity contribution in [3.63, 3.8) is 0 Å². The summed E-state index contributed by atoms with van der Waals surface area (Å²) in [6.07, 6.45) is 8.50. The number of carbonyl (C=O) groups excluding carboxylic acids is 2. The Bertz CT molecular complexity index is 3120. The monoisotopic (exact) mass is 884 g/mol. The second kappa shape index (κ2) is 18.9. The molecular weight excluding hydrogens is 837 g/mol. The number of ether oxygens (including phenoxy) is 1. The van der Waals surface area contributed by atoms with Crippen molar-refractivity contribution in [2.45, 2.75) is 62.4 Å². The van der Waals surface area contributed by atoms with Crippen molar-refractivity contribution in [2.24, 2.45) is 0 Å². The molecule has 13 nitrogen and oxygen atoms in total. The van der Waals surface area contributed by atoms with Crippen LogP contribution in [-0.2, 0) is 56.8 Å². The van der Waals surface area contributed by atoms with Gasteiger partial charge >= 0.3 is 0 Å². The van der Waals surface area contributed by atoms with E-state index in [1.165, 1.54) is 12.1 Å². The zero-order valence-corrected chi connectivity index (χ0v) is 37.4. The van der Waals surface area contributed by atoms with Crippen molar-refractivity contribution in [3.8, 4) is 0 Å². The summed E-state index contributed by atoms with van der Waals surface area (Å²) < 4.78 is 54.1. The number of methoxy groups -OCH3 is 1. The predicted octanol–water partition coefficient (Wildman–Crippen LogP) is 6.62. The highest BCUT2D eigenvalue weighted by atomic mass is 32.2. The van der Waals surface area contributed by atoms with Crippen LogP contribution in [0.2, 0.25) is 0 Å². The first-order valence-electron chi connectivity index (χ1n) is 20.3. The summed E-state index contributed by atoms with van der Waals surface area (Å²) >= 11 is 0. The highest BCUT2D eigenvalue weighted by Gasteiger charge is 2.17. The highest BCUT2D eigenvalue weighted by molar-refractivity contribution is 7.91. The summed E-state index contributed by atoms with van der Waals surface area (Å²) in [6, 6.07) is 27.5. The molecule has 4 heterocycles. The third-order valence-electron chi connectivity index (χ3n) is 10.7. The Hall–Kier alpha value is -6.42.